The molecular weight excluding hydrogens is 525 g/mol. The summed E-state index contributed by atoms with van der Waals surface area (Å²) in [7, 11) is -2.23. The number of nitrogens with one attached hydrogen (secondary N) is 1. The molecule has 1 saturated heterocycles. The average Bonchev–Trinajstić information content (AvgIpc) is 3.24. The molecule has 5 rings (SSSR count). The van der Waals surface area contributed by atoms with Crippen LogP contribution in [0.2, 0.25) is 0 Å². The Morgan fingerprint density at radius 1 is 1.18 bits per heavy atom. The van der Waals surface area contributed by atoms with Crippen molar-refractivity contribution in [3.8, 4) is 5.69 Å². The number of benzene rings is 1. The maximum Gasteiger partial charge on any atom is 0.283 e. The molecule has 0 radical (unpaired) electrons. The predicted octanol–water partition coefficient (Wildman–Crippen LogP) is 3.35. The molecule has 1 amide bonds. The zero-order chi connectivity index (χ0) is 27.6. The molecule has 2 fully saturated rings. The van der Waals surface area contributed by atoms with E-state index in [-0.39, 0.29) is 31.1 Å². The third-order valence-electron chi connectivity index (χ3n) is 7.44. The molecule has 3 aromatic rings. The van der Waals surface area contributed by atoms with E-state index in [2.05, 4.69) is 4.98 Å². The minimum Gasteiger partial charge on any atom is -0.382 e. The van der Waals surface area contributed by atoms with Crippen LogP contribution in [0.3, 0.4) is 0 Å². The fourth-order valence-corrected chi connectivity index (χ4v) is 5.56. The number of para-hydroxylation sites is 1. The van der Waals surface area contributed by atoms with Gasteiger partial charge in [0.05, 0.1) is 48.5 Å². The van der Waals surface area contributed by atoms with Crippen molar-refractivity contribution in [2.75, 3.05) is 51.2 Å². The SMILES string of the molecule is COCCOCC1(F)CCN(c2cc(C(=O)NS(C)(=O)=O)nc3c2c(C2CCC2)nn3-c2ccccc2)CC1. The van der Waals surface area contributed by atoms with Gasteiger partial charge in [-0.25, -0.2) is 27.2 Å². The molecule has 1 aliphatic heterocycles. The topological polar surface area (TPSA) is 116 Å². The maximum atomic E-state index is 15.5. The number of sulfonamides is 1. The molecule has 1 saturated carbocycles. The summed E-state index contributed by atoms with van der Waals surface area (Å²) in [6, 6.07) is 11.1. The van der Waals surface area contributed by atoms with Crippen LogP contribution in [-0.4, -0.2) is 81.0 Å². The number of fused-ring (bicyclic) bond motifs is 1. The van der Waals surface area contributed by atoms with E-state index >= 15 is 4.39 Å². The Morgan fingerprint density at radius 2 is 1.90 bits per heavy atom. The highest BCUT2D eigenvalue weighted by Gasteiger charge is 2.37. The van der Waals surface area contributed by atoms with Gasteiger partial charge in [-0.2, -0.15) is 5.10 Å². The number of nitrogens with zero attached hydrogens (tertiary/aromatic N) is 4. The van der Waals surface area contributed by atoms with Gasteiger partial charge in [-0.05, 0) is 31.0 Å². The summed E-state index contributed by atoms with van der Waals surface area (Å²) < 4.78 is 53.4. The first-order chi connectivity index (χ1) is 18.7. The molecule has 1 aliphatic carbocycles. The highest BCUT2D eigenvalue weighted by atomic mass is 32.2. The summed E-state index contributed by atoms with van der Waals surface area (Å²) >= 11 is 0. The lowest BCUT2D eigenvalue weighted by Crippen LogP contribution is -2.44. The lowest BCUT2D eigenvalue weighted by atomic mass is 9.81. The molecule has 1 aromatic carbocycles. The molecule has 39 heavy (non-hydrogen) atoms. The second kappa shape index (κ2) is 11.2. The molecule has 3 heterocycles. The summed E-state index contributed by atoms with van der Waals surface area (Å²) in [5, 5.41) is 5.79. The van der Waals surface area contributed by atoms with Gasteiger partial charge < -0.3 is 14.4 Å². The normalized spacial score (nSPS) is 17.8. The molecule has 0 bridgehead atoms. The number of amides is 1. The van der Waals surface area contributed by atoms with E-state index in [1.165, 1.54) is 0 Å². The van der Waals surface area contributed by atoms with Crippen LogP contribution in [0.25, 0.3) is 16.7 Å². The number of carbonyl (C=O) groups excluding carboxylic acids is 1. The highest BCUT2D eigenvalue weighted by Crippen LogP contribution is 2.43. The van der Waals surface area contributed by atoms with Crippen LogP contribution in [0.5, 0.6) is 0 Å². The minimum absolute atomic E-state index is 0.00274. The Morgan fingerprint density at radius 3 is 2.51 bits per heavy atom. The summed E-state index contributed by atoms with van der Waals surface area (Å²) in [6.07, 6.45) is 4.54. The van der Waals surface area contributed by atoms with Crippen molar-refractivity contribution >= 4 is 32.7 Å². The fraction of sp³-hybridized carbons (Fsp3) is 0.519. The van der Waals surface area contributed by atoms with Gasteiger partial charge in [-0.3, -0.25) is 4.79 Å². The van der Waals surface area contributed by atoms with Crippen LogP contribution in [0, 0.1) is 0 Å². The monoisotopic (exact) mass is 559 g/mol. The number of piperidine rings is 1. The van der Waals surface area contributed by atoms with E-state index in [4.69, 9.17) is 14.6 Å². The van der Waals surface area contributed by atoms with Gasteiger partial charge in [-0.15, -0.1) is 0 Å². The number of anilines is 1. The van der Waals surface area contributed by atoms with E-state index in [1.54, 1.807) is 17.9 Å². The van der Waals surface area contributed by atoms with Crippen molar-refractivity contribution in [2.24, 2.45) is 0 Å². The van der Waals surface area contributed by atoms with Crippen molar-refractivity contribution < 1.29 is 27.1 Å². The number of ether oxygens (including phenoxy) is 2. The predicted molar refractivity (Wildman–Crippen MR) is 146 cm³/mol. The number of alkyl halides is 1. The largest absolute Gasteiger partial charge is 0.382 e. The lowest BCUT2D eigenvalue weighted by molar-refractivity contribution is -0.0161. The number of pyridine rings is 1. The fourth-order valence-electron chi connectivity index (χ4n) is 5.12. The zero-order valence-corrected chi connectivity index (χ0v) is 23.0. The van der Waals surface area contributed by atoms with Crippen LogP contribution in [0.15, 0.2) is 36.4 Å². The molecule has 2 aliphatic rings. The highest BCUT2D eigenvalue weighted by molar-refractivity contribution is 7.89. The molecule has 210 valence electrons. The van der Waals surface area contributed by atoms with E-state index in [9.17, 15) is 13.2 Å². The number of halogens is 1. The van der Waals surface area contributed by atoms with Crippen LogP contribution in [-0.2, 0) is 19.5 Å². The maximum absolute atomic E-state index is 15.5. The van der Waals surface area contributed by atoms with Crippen LogP contribution in [0.1, 0.15) is 54.2 Å². The molecule has 2 aromatic heterocycles. The van der Waals surface area contributed by atoms with Gasteiger partial charge in [0.15, 0.2) is 5.65 Å². The molecule has 0 atom stereocenters. The van der Waals surface area contributed by atoms with Gasteiger partial charge in [-0.1, -0.05) is 24.6 Å². The van der Waals surface area contributed by atoms with Crippen LogP contribution < -0.4 is 9.62 Å². The Bertz CT molecular complexity index is 1430. The average molecular weight is 560 g/mol. The summed E-state index contributed by atoms with van der Waals surface area (Å²) in [4.78, 5) is 19.7. The molecule has 12 heteroatoms. The van der Waals surface area contributed by atoms with E-state index in [0.29, 0.717) is 37.6 Å². The first-order valence-corrected chi connectivity index (χ1v) is 15.1. The number of aromatic nitrogens is 3. The van der Waals surface area contributed by atoms with Crippen molar-refractivity contribution in [2.45, 2.75) is 43.7 Å². The third kappa shape index (κ3) is 6.07. The quantitative estimate of drug-likeness (QED) is 0.376. The van der Waals surface area contributed by atoms with E-state index in [0.717, 1.165) is 42.3 Å². The summed E-state index contributed by atoms with van der Waals surface area (Å²) in [5.74, 6) is -0.567. The van der Waals surface area contributed by atoms with Gasteiger partial charge in [0.2, 0.25) is 10.0 Å². The Kier molecular flexibility index (Phi) is 7.88. The minimum atomic E-state index is -3.80. The second-order valence-corrected chi connectivity index (χ2v) is 12.1. The van der Waals surface area contributed by atoms with Gasteiger partial charge in [0.1, 0.15) is 11.4 Å². The first-order valence-electron chi connectivity index (χ1n) is 13.2. The van der Waals surface area contributed by atoms with E-state index < -0.39 is 21.6 Å². The third-order valence-corrected chi connectivity index (χ3v) is 8.00. The number of methoxy groups -OCH3 is 1. The Labute approximate surface area is 227 Å². The van der Waals surface area contributed by atoms with Gasteiger partial charge in [0, 0.05) is 39.0 Å². The van der Waals surface area contributed by atoms with Gasteiger partial charge >= 0.3 is 0 Å². The molecular formula is C27H34FN5O5S. The number of rotatable bonds is 10. The number of hydrogen-bond acceptors (Lipinski definition) is 8. The van der Waals surface area contributed by atoms with Crippen LogP contribution in [0.4, 0.5) is 10.1 Å². The molecule has 0 spiro atoms. The molecule has 10 nitrogen and oxygen atoms in total. The zero-order valence-electron chi connectivity index (χ0n) is 22.2. The molecule has 0 unspecified atom stereocenters. The van der Waals surface area contributed by atoms with E-state index in [1.807, 2.05) is 40.0 Å². The Balaban J connectivity index is 1.57. The van der Waals surface area contributed by atoms with Crippen LogP contribution >= 0.6 is 0 Å². The molecule has 1 N–H and O–H groups in total. The van der Waals surface area contributed by atoms with Crippen molar-refractivity contribution in [1.29, 1.82) is 0 Å². The standard InChI is InChI=1S/C27H34FN5O5S/c1-37-15-16-38-18-27(28)11-13-32(14-12-27)22-17-21(26(34)31-39(2,35)36)29-25-23(22)24(19-7-6-8-19)30-33(25)20-9-4-3-5-10-20/h3-5,9-10,17,19H,6-8,11-16,18H2,1-2H3,(H,31,34). The van der Waals surface area contributed by atoms with Crippen molar-refractivity contribution in [3.63, 3.8) is 0 Å². The van der Waals surface area contributed by atoms with Crippen molar-refractivity contribution in [3.05, 3.63) is 47.8 Å². The van der Waals surface area contributed by atoms with Crippen molar-refractivity contribution in [1.82, 2.24) is 19.5 Å². The Hall–Kier alpha value is -3.09. The van der Waals surface area contributed by atoms with Gasteiger partial charge in [0.25, 0.3) is 5.91 Å². The lowest BCUT2D eigenvalue weighted by Gasteiger charge is -2.38. The first kappa shape index (κ1) is 27.5. The number of carbonyl (C=O) groups is 1. The smallest absolute Gasteiger partial charge is 0.283 e. The summed E-state index contributed by atoms with van der Waals surface area (Å²) in [5.41, 5.74) is 1.36. The summed E-state index contributed by atoms with van der Waals surface area (Å²) in [6.45, 7) is 1.54. The second-order valence-electron chi connectivity index (χ2n) is 10.4. The number of hydrogen-bond donors (Lipinski definition) is 1.